The molecule has 1 aromatic rings. The summed E-state index contributed by atoms with van der Waals surface area (Å²) in [7, 11) is 0.592. The molecule has 0 spiro atoms. The lowest BCUT2D eigenvalue weighted by molar-refractivity contribution is -0.129. The third-order valence-electron chi connectivity index (χ3n) is 5.19. The molecule has 4 nitrogen and oxygen atoms in total. The van der Waals surface area contributed by atoms with Gasteiger partial charge in [0.15, 0.2) is 0 Å². The van der Waals surface area contributed by atoms with E-state index in [9.17, 15) is 4.79 Å². The van der Waals surface area contributed by atoms with Crippen LogP contribution < -0.4 is 5.73 Å². The topological polar surface area (TPSA) is 49.6 Å². The number of piperidine rings is 1. The van der Waals surface area contributed by atoms with E-state index in [0.29, 0.717) is 19.6 Å². The largest absolute Gasteiger partial charge is 0.320 e. The zero-order valence-corrected chi connectivity index (χ0v) is 16.2. The van der Waals surface area contributed by atoms with Crippen molar-refractivity contribution in [3.05, 3.63) is 34.9 Å². The Bertz CT molecular complexity index is 598. The van der Waals surface area contributed by atoms with Gasteiger partial charge in [0.25, 0.3) is 0 Å². The van der Waals surface area contributed by atoms with Crippen LogP contribution in [0, 0.1) is 0 Å². The van der Waals surface area contributed by atoms with Crippen molar-refractivity contribution in [2.45, 2.75) is 63.3 Å². The van der Waals surface area contributed by atoms with E-state index in [1.165, 1.54) is 18.4 Å². The minimum absolute atomic E-state index is 0.0257. The number of rotatable bonds is 5. The molecule has 2 N–H and O–H groups in total. The molecule has 1 amide bonds. The molecule has 1 unspecified atom stereocenters. The third-order valence-corrected chi connectivity index (χ3v) is 6.67. The summed E-state index contributed by atoms with van der Waals surface area (Å²) in [5.41, 5.74) is 7.07. The van der Waals surface area contributed by atoms with E-state index in [0.717, 1.165) is 24.4 Å². The van der Waals surface area contributed by atoms with Crippen LogP contribution in [-0.2, 0) is 23.1 Å². The third kappa shape index (κ3) is 3.81. The molecule has 4 atom stereocenters. The average Bonchev–Trinajstić information content (AvgIpc) is 2.79. The standard InChI is InChI=1S/C17H23ClN3OPS/c1-11(19)17(22)21(23-24)16-8-14-6-7-15(9-16)20(14)10-12-2-4-13(18)5-3-12/h2-5,11,14-16H,6-10,19H2,1H3/t11-,14-,15+,16?/m0/s1. The van der Waals surface area contributed by atoms with E-state index in [-0.39, 0.29) is 11.9 Å². The Labute approximate surface area is 155 Å². The molecule has 2 aliphatic rings. The van der Waals surface area contributed by atoms with Gasteiger partial charge in [0.05, 0.1) is 13.5 Å². The predicted octanol–water partition coefficient (Wildman–Crippen LogP) is 3.33. The smallest absolute Gasteiger partial charge is 0.247 e. The molecule has 0 aliphatic carbocycles. The lowest BCUT2D eigenvalue weighted by Gasteiger charge is -2.42. The number of halogens is 1. The van der Waals surface area contributed by atoms with Gasteiger partial charge < -0.3 is 5.73 Å². The van der Waals surface area contributed by atoms with Crippen molar-refractivity contribution in [2.24, 2.45) is 5.73 Å². The molecular weight excluding hydrogens is 361 g/mol. The lowest BCUT2D eigenvalue weighted by Crippen LogP contribution is -2.51. The number of amides is 1. The van der Waals surface area contributed by atoms with Gasteiger partial charge >= 0.3 is 0 Å². The Balaban J connectivity index is 1.68. The first-order chi connectivity index (χ1) is 11.5. The van der Waals surface area contributed by atoms with Gasteiger partial charge in [-0.1, -0.05) is 23.7 Å². The van der Waals surface area contributed by atoms with E-state index in [2.05, 4.69) is 17.0 Å². The van der Waals surface area contributed by atoms with Gasteiger partial charge in [-0.15, -0.1) is 0 Å². The number of benzene rings is 1. The summed E-state index contributed by atoms with van der Waals surface area (Å²) >= 11 is 11.2. The lowest BCUT2D eigenvalue weighted by atomic mass is 9.96. The Hall–Kier alpha value is -0.580. The quantitative estimate of drug-likeness (QED) is 0.792. The van der Waals surface area contributed by atoms with Gasteiger partial charge in [0.1, 0.15) is 0 Å². The van der Waals surface area contributed by atoms with Gasteiger partial charge in [-0.2, -0.15) is 0 Å². The van der Waals surface area contributed by atoms with Crippen LogP contribution in [0.4, 0.5) is 0 Å². The maximum atomic E-state index is 12.3. The molecule has 1 aromatic carbocycles. The second-order valence-corrected chi connectivity index (χ2v) is 8.38. The number of carbonyl (C=O) groups excluding carboxylic acids is 1. The normalized spacial score (nSPS) is 28.0. The summed E-state index contributed by atoms with van der Waals surface area (Å²) in [5, 5.41) is 0.773. The zero-order valence-electron chi connectivity index (χ0n) is 13.8. The number of hydrogen-bond donors (Lipinski definition) is 1. The summed E-state index contributed by atoms with van der Waals surface area (Å²) in [6.07, 6.45) is 4.38. The van der Waals surface area contributed by atoms with Crippen molar-refractivity contribution < 1.29 is 4.79 Å². The maximum Gasteiger partial charge on any atom is 0.247 e. The Morgan fingerprint density at radius 1 is 1.38 bits per heavy atom. The second kappa shape index (κ2) is 7.76. The summed E-state index contributed by atoms with van der Waals surface area (Å²) < 4.78 is 1.80. The first-order valence-electron chi connectivity index (χ1n) is 8.41. The van der Waals surface area contributed by atoms with Gasteiger partial charge in [0.2, 0.25) is 5.91 Å². The van der Waals surface area contributed by atoms with E-state index in [1.54, 1.807) is 11.6 Å². The number of hydrogen-bond acceptors (Lipinski definition) is 4. The van der Waals surface area contributed by atoms with Crippen molar-refractivity contribution in [1.29, 1.82) is 0 Å². The minimum Gasteiger partial charge on any atom is -0.320 e. The first-order valence-corrected chi connectivity index (χ1v) is 10.7. The van der Waals surface area contributed by atoms with Crippen LogP contribution in [-0.4, -0.2) is 39.6 Å². The molecule has 2 heterocycles. The molecule has 130 valence electrons. The summed E-state index contributed by atoms with van der Waals surface area (Å²) in [4.78, 5) is 14.9. The number of nitrogens with zero attached hydrogens (tertiary/aromatic N) is 2. The van der Waals surface area contributed by atoms with Gasteiger partial charge in [-0.3, -0.25) is 14.4 Å². The van der Waals surface area contributed by atoms with Crippen molar-refractivity contribution in [1.82, 2.24) is 9.57 Å². The number of nitrogens with two attached hydrogens (primary N) is 1. The van der Waals surface area contributed by atoms with E-state index < -0.39 is 6.04 Å². The first kappa shape index (κ1) is 18.2. The monoisotopic (exact) mass is 383 g/mol. The molecule has 0 saturated carbocycles. The Kier molecular flexibility index (Phi) is 5.89. The predicted molar refractivity (Wildman–Crippen MR) is 102 cm³/mol. The highest BCUT2D eigenvalue weighted by molar-refractivity contribution is 7.95. The summed E-state index contributed by atoms with van der Waals surface area (Å²) in [5.74, 6) is -0.0257. The molecule has 2 fully saturated rings. The van der Waals surface area contributed by atoms with E-state index >= 15 is 0 Å². The molecule has 2 saturated heterocycles. The van der Waals surface area contributed by atoms with Crippen LogP contribution >= 0.6 is 19.1 Å². The van der Waals surface area contributed by atoms with E-state index in [1.807, 2.05) is 12.1 Å². The van der Waals surface area contributed by atoms with Crippen molar-refractivity contribution in [2.75, 3.05) is 0 Å². The van der Waals surface area contributed by atoms with Gasteiger partial charge in [-0.25, -0.2) is 0 Å². The summed E-state index contributed by atoms with van der Waals surface area (Å²) in [6.45, 7) is 2.69. The Morgan fingerprint density at radius 2 is 1.96 bits per heavy atom. The summed E-state index contributed by atoms with van der Waals surface area (Å²) in [6, 6.07) is 8.87. The molecular formula is C17H23ClN3OPS. The SMILES string of the molecule is C[C@H](N)C(=O)N(P=S)C1C[C@H]2CC[C@@H](C1)N2Cc1ccc(Cl)cc1. The van der Waals surface area contributed by atoms with Crippen LogP contribution in [0.5, 0.6) is 0 Å². The van der Waals surface area contributed by atoms with Crippen molar-refractivity contribution in [3.8, 4) is 0 Å². The van der Waals surface area contributed by atoms with Gasteiger partial charge in [0, 0.05) is 29.7 Å². The fourth-order valence-corrected chi connectivity index (χ4v) is 5.35. The van der Waals surface area contributed by atoms with Crippen molar-refractivity contribution >= 4 is 36.8 Å². The fourth-order valence-electron chi connectivity index (χ4n) is 4.00. The highest BCUT2D eigenvalue weighted by Crippen LogP contribution is 2.40. The molecule has 3 rings (SSSR count). The number of fused-ring (bicyclic) bond motifs is 2. The highest BCUT2D eigenvalue weighted by atomic mass is 35.5. The fraction of sp³-hybridized carbons (Fsp3) is 0.588. The molecule has 24 heavy (non-hydrogen) atoms. The average molecular weight is 384 g/mol. The minimum atomic E-state index is -0.481. The number of carbonyl (C=O) groups is 1. The molecule has 2 bridgehead atoms. The van der Waals surface area contributed by atoms with Gasteiger partial charge in [-0.05, 0) is 62.1 Å². The van der Waals surface area contributed by atoms with Crippen LogP contribution in [0.25, 0.3) is 0 Å². The molecule has 2 aliphatic heterocycles. The molecule has 0 aromatic heterocycles. The molecule has 7 heteroatoms. The zero-order chi connectivity index (χ0) is 17.3. The van der Waals surface area contributed by atoms with Crippen LogP contribution in [0.2, 0.25) is 5.02 Å². The Morgan fingerprint density at radius 3 is 2.46 bits per heavy atom. The van der Waals surface area contributed by atoms with Crippen LogP contribution in [0.1, 0.15) is 38.2 Å². The van der Waals surface area contributed by atoms with E-state index in [4.69, 9.17) is 29.1 Å². The van der Waals surface area contributed by atoms with Crippen LogP contribution in [0.3, 0.4) is 0 Å². The molecule has 0 radical (unpaired) electrons. The maximum absolute atomic E-state index is 12.3. The second-order valence-electron chi connectivity index (χ2n) is 6.86. The highest BCUT2D eigenvalue weighted by Gasteiger charge is 2.43. The van der Waals surface area contributed by atoms with Crippen LogP contribution in [0.15, 0.2) is 24.3 Å². The van der Waals surface area contributed by atoms with Crippen molar-refractivity contribution in [3.63, 3.8) is 0 Å².